The molecular formula is C6H14O4S. The molecule has 0 aliphatic rings. The molecule has 0 spiro atoms. The number of allylic oxidation sites excluding steroid dienone is 1. The molecule has 0 unspecified atom stereocenters. The third-order valence-electron chi connectivity index (χ3n) is 0.408. The van der Waals surface area contributed by atoms with Crippen LogP contribution in [0, 0.1) is 0 Å². The van der Waals surface area contributed by atoms with Gasteiger partial charge in [-0.25, -0.2) is 0 Å². The fraction of sp³-hybridized carbons (Fsp3) is 0.667. The lowest BCUT2D eigenvalue weighted by Crippen LogP contribution is -2.02. The molecular weight excluding hydrogens is 168 g/mol. The Hall–Kier alpha value is -0.390. The highest BCUT2D eigenvalue weighted by Crippen LogP contribution is 1.85. The Bertz CT molecular complexity index is 179. The van der Waals surface area contributed by atoms with E-state index in [0.29, 0.717) is 0 Å². The van der Waals surface area contributed by atoms with E-state index in [-0.39, 0.29) is 0 Å². The summed E-state index contributed by atoms with van der Waals surface area (Å²) in [5.41, 5.74) is 1.17. The molecule has 0 fully saturated rings. The van der Waals surface area contributed by atoms with Crippen molar-refractivity contribution in [1.82, 2.24) is 0 Å². The minimum absolute atomic E-state index is 1.03. The molecule has 0 rings (SSSR count). The van der Waals surface area contributed by atoms with Gasteiger partial charge in [0.1, 0.15) is 0 Å². The lowest BCUT2D eigenvalue weighted by molar-refractivity contribution is 0.286. The van der Waals surface area contributed by atoms with Crippen LogP contribution in [0.5, 0.6) is 0 Å². The maximum Gasteiger partial charge on any atom is 0.399 e. The number of hydrogen-bond donors (Lipinski definition) is 0. The monoisotopic (exact) mass is 182 g/mol. The van der Waals surface area contributed by atoms with Crippen LogP contribution in [-0.4, -0.2) is 22.6 Å². The summed E-state index contributed by atoms with van der Waals surface area (Å²) in [5.74, 6) is 0. The van der Waals surface area contributed by atoms with Gasteiger partial charge in [0.2, 0.25) is 0 Å². The van der Waals surface area contributed by atoms with Crippen LogP contribution < -0.4 is 0 Å². The standard InChI is InChI=1S/C4H8.C2H6O4S/c1-4(2)3;1-5-7(3,4)6-2/h1H2,2-3H3;1-2H3. The van der Waals surface area contributed by atoms with E-state index in [4.69, 9.17) is 0 Å². The zero-order valence-corrected chi connectivity index (χ0v) is 8.06. The average Bonchev–Trinajstić information content (AvgIpc) is 1.87. The predicted molar refractivity (Wildman–Crippen MR) is 43.4 cm³/mol. The molecule has 0 aromatic rings. The summed E-state index contributed by atoms with van der Waals surface area (Å²) in [6.45, 7) is 7.50. The van der Waals surface area contributed by atoms with Crippen molar-refractivity contribution in [2.24, 2.45) is 0 Å². The molecule has 0 aliphatic carbocycles. The second-order valence-corrected chi connectivity index (χ2v) is 3.43. The van der Waals surface area contributed by atoms with Gasteiger partial charge in [-0.1, -0.05) is 5.57 Å². The van der Waals surface area contributed by atoms with Gasteiger partial charge in [0.25, 0.3) is 0 Å². The van der Waals surface area contributed by atoms with E-state index in [1.165, 1.54) is 5.57 Å². The van der Waals surface area contributed by atoms with Crippen LogP contribution in [0.25, 0.3) is 0 Å². The normalized spacial score (nSPS) is 9.82. The third-order valence-corrected chi connectivity index (χ3v) is 1.22. The first-order chi connectivity index (χ1) is 4.85. The Morgan fingerprint density at radius 2 is 1.36 bits per heavy atom. The van der Waals surface area contributed by atoms with Crippen molar-refractivity contribution in [3.8, 4) is 0 Å². The third kappa shape index (κ3) is 17.7. The molecule has 4 nitrogen and oxygen atoms in total. The van der Waals surface area contributed by atoms with Crippen molar-refractivity contribution < 1.29 is 16.8 Å². The highest BCUT2D eigenvalue weighted by molar-refractivity contribution is 7.81. The van der Waals surface area contributed by atoms with E-state index in [9.17, 15) is 8.42 Å². The highest BCUT2D eigenvalue weighted by Gasteiger charge is 2.01. The summed E-state index contributed by atoms with van der Waals surface area (Å²) < 4.78 is 27.5. The number of hydrogen-bond acceptors (Lipinski definition) is 4. The first-order valence-corrected chi connectivity index (χ1v) is 4.17. The van der Waals surface area contributed by atoms with Gasteiger partial charge < -0.3 is 0 Å². The van der Waals surface area contributed by atoms with Gasteiger partial charge in [0, 0.05) is 0 Å². The topological polar surface area (TPSA) is 52.6 Å². The molecule has 68 valence electrons. The fourth-order valence-corrected chi connectivity index (χ4v) is 0.204. The molecule has 0 atom stereocenters. The Morgan fingerprint density at radius 1 is 1.18 bits per heavy atom. The molecule has 0 aromatic carbocycles. The molecule has 0 saturated heterocycles. The maximum absolute atomic E-state index is 9.92. The zero-order valence-electron chi connectivity index (χ0n) is 7.25. The minimum atomic E-state index is -3.66. The molecule has 0 amide bonds. The van der Waals surface area contributed by atoms with Gasteiger partial charge in [-0.15, -0.1) is 6.58 Å². The minimum Gasteiger partial charge on any atom is -0.252 e. The van der Waals surface area contributed by atoms with Gasteiger partial charge in [-0.3, -0.25) is 8.37 Å². The average molecular weight is 182 g/mol. The lowest BCUT2D eigenvalue weighted by Gasteiger charge is -1.91. The maximum atomic E-state index is 9.92. The summed E-state index contributed by atoms with van der Waals surface area (Å²) >= 11 is 0. The van der Waals surface area contributed by atoms with E-state index in [0.717, 1.165) is 14.2 Å². The van der Waals surface area contributed by atoms with Gasteiger partial charge in [-0.05, 0) is 13.8 Å². The second-order valence-electron chi connectivity index (χ2n) is 1.95. The number of rotatable bonds is 2. The van der Waals surface area contributed by atoms with Crippen molar-refractivity contribution in [2.45, 2.75) is 13.8 Å². The van der Waals surface area contributed by atoms with E-state index in [1.807, 2.05) is 13.8 Å². The van der Waals surface area contributed by atoms with Crippen molar-refractivity contribution in [3.05, 3.63) is 12.2 Å². The van der Waals surface area contributed by atoms with Crippen molar-refractivity contribution in [2.75, 3.05) is 14.2 Å². The van der Waals surface area contributed by atoms with Crippen LogP contribution in [0.1, 0.15) is 13.8 Å². The zero-order chi connectivity index (χ0) is 9.49. The van der Waals surface area contributed by atoms with Gasteiger partial charge >= 0.3 is 10.4 Å². The van der Waals surface area contributed by atoms with Crippen LogP contribution in [0.2, 0.25) is 0 Å². The first-order valence-electron chi connectivity index (χ1n) is 2.84. The molecule has 0 N–H and O–H groups in total. The smallest absolute Gasteiger partial charge is 0.252 e. The fourth-order valence-electron chi connectivity index (χ4n) is 0.0680. The summed E-state index contributed by atoms with van der Waals surface area (Å²) in [7, 11) is -1.60. The van der Waals surface area contributed by atoms with Crippen LogP contribution in [-0.2, 0) is 18.8 Å². The molecule has 5 heteroatoms. The van der Waals surface area contributed by atoms with E-state index in [1.54, 1.807) is 0 Å². The summed E-state index contributed by atoms with van der Waals surface area (Å²) in [5, 5.41) is 0. The first kappa shape index (κ1) is 13.2. The van der Waals surface area contributed by atoms with E-state index < -0.39 is 10.4 Å². The van der Waals surface area contributed by atoms with Crippen molar-refractivity contribution >= 4 is 10.4 Å². The van der Waals surface area contributed by atoms with Crippen LogP contribution >= 0.6 is 0 Å². The van der Waals surface area contributed by atoms with Crippen LogP contribution in [0.4, 0.5) is 0 Å². The summed E-state index contributed by atoms with van der Waals surface area (Å²) in [4.78, 5) is 0. The van der Waals surface area contributed by atoms with Crippen LogP contribution in [0.15, 0.2) is 12.2 Å². The largest absolute Gasteiger partial charge is 0.399 e. The van der Waals surface area contributed by atoms with Crippen molar-refractivity contribution in [1.29, 1.82) is 0 Å². The van der Waals surface area contributed by atoms with Gasteiger partial charge in [-0.2, -0.15) is 8.42 Å². The Labute approximate surface area is 68.2 Å². The second kappa shape index (κ2) is 6.33. The van der Waals surface area contributed by atoms with Crippen molar-refractivity contribution in [3.63, 3.8) is 0 Å². The molecule has 0 bridgehead atoms. The highest BCUT2D eigenvalue weighted by atomic mass is 32.3. The van der Waals surface area contributed by atoms with E-state index >= 15 is 0 Å². The summed E-state index contributed by atoms with van der Waals surface area (Å²) in [6.07, 6.45) is 0. The molecule has 0 aliphatic heterocycles. The molecule has 0 aromatic heterocycles. The van der Waals surface area contributed by atoms with Gasteiger partial charge in [0.15, 0.2) is 0 Å². The van der Waals surface area contributed by atoms with Crippen LogP contribution in [0.3, 0.4) is 0 Å². The molecule has 0 heterocycles. The quantitative estimate of drug-likeness (QED) is 0.600. The predicted octanol–water partition coefficient (Wildman–Crippen LogP) is 1.11. The molecule has 11 heavy (non-hydrogen) atoms. The lowest BCUT2D eigenvalue weighted by atomic mass is 10.4. The Balaban J connectivity index is 0. The Kier molecular flexibility index (Phi) is 7.60. The molecule has 0 saturated carbocycles. The SMILES string of the molecule is C=C(C)C.COS(=O)(=O)OC. The molecule has 0 radical (unpaired) electrons. The van der Waals surface area contributed by atoms with Gasteiger partial charge in [0.05, 0.1) is 14.2 Å². The Morgan fingerprint density at radius 3 is 1.36 bits per heavy atom. The van der Waals surface area contributed by atoms with E-state index in [2.05, 4.69) is 14.9 Å². The summed E-state index contributed by atoms with van der Waals surface area (Å²) in [6, 6.07) is 0.